The summed E-state index contributed by atoms with van der Waals surface area (Å²) in [5.74, 6) is 0.354. The van der Waals surface area contributed by atoms with Gasteiger partial charge in [-0.15, -0.1) is 0 Å². The van der Waals surface area contributed by atoms with Crippen LogP contribution in [0.15, 0.2) is 67.1 Å². The van der Waals surface area contributed by atoms with Crippen molar-refractivity contribution in [2.24, 2.45) is 5.41 Å². The van der Waals surface area contributed by atoms with Crippen molar-refractivity contribution >= 4 is 5.97 Å². The Labute approximate surface area is 200 Å². The minimum atomic E-state index is -0.383. The van der Waals surface area contributed by atoms with Crippen LogP contribution in [0.5, 0.6) is 0 Å². The Hall–Kier alpha value is -3.80. The maximum atomic E-state index is 11.8. The molecule has 6 heteroatoms. The summed E-state index contributed by atoms with van der Waals surface area (Å²) in [7, 11) is 1.37. The van der Waals surface area contributed by atoms with Gasteiger partial charge >= 0.3 is 5.97 Å². The molecule has 0 fully saturated rings. The van der Waals surface area contributed by atoms with Gasteiger partial charge in [0.05, 0.1) is 12.7 Å². The van der Waals surface area contributed by atoms with Crippen LogP contribution in [-0.2, 0) is 4.74 Å². The summed E-state index contributed by atoms with van der Waals surface area (Å²) in [6.07, 6.45) is 5.32. The molecule has 0 aliphatic heterocycles. The van der Waals surface area contributed by atoms with Crippen LogP contribution >= 0.6 is 0 Å². The number of hydrogen-bond donors (Lipinski definition) is 0. The van der Waals surface area contributed by atoms with Crippen LogP contribution in [0.1, 0.15) is 59.7 Å². The van der Waals surface area contributed by atoms with Crippen LogP contribution in [0.2, 0.25) is 0 Å². The number of carbonyl (C=O) groups is 1. The SMILES string of the molecule is COC(=O)c1ccc(C(c2ccc(-c3cnc(-n4c(C)ccc4C)nc3)cc2)C(C)(C)C)nc1. The first kappa shape index (κ1) is 23.4. The van der Waals surface area contributed by atoms with Crippen LogP contribution in [0.25, 0.3) is 17.1 Å². The van der Waals surface area contributed by atoms with Gasteiger partial charge in [-0.05, 0) is 54.7 Å². The van der Waals surface area contributed by atoms with Gasteiger partial charge in [0.25, 0.3) is 0 Å². The highest BCUT2D eigenvalue weighted by Crippen LogP contribution is 2.40. The van der Waals surface area contributed by atoms with Gasteiger partial charge in [-0.3, -0.25) is 9.55 Å². The summed E-state index contributed by atoms with van der Waals surface area (Å²) in [5, 5.41) is 0. The fraction of sp³-hybridized carbons (Fsp3) is 0.286. The lowest BCUT2D eigenvalue weighted by molar-refractivity contribution is 0.0600. The van der Waals surface area contributed by atoms with E-state index in [-0.39, 0.29) is 17.3 Å². The fourth-order valence-electron chi connectivity index (χ4n) is 4.37. The fourth-order valence-corrected chi connectivity index (χ4v) is 4.37. The van der Waals surface area contributed by atoms with Crippen molar-refractivity contribution in [1.82, 2.24) is 19.5 Å². The van der Waals surface area contributed by atoms with Crippen LogP contribution in [0.4, 0.5) is 0 Å². The van der Waals surface area contributed by atoms with Gasteiger partial charge in [0, 0.05) is 47.2 Å². The second kappa shape index (κ2) is 9.21. The number of nitrogens with zero attached hydrogens (tertiary/aromatic N) is 4. The molecule has 4 aromatic rings. The number of esters is 1. The smallest absolute Gasteiger partial charge is 0.339 e. The number of ether oxygens (including phenoxy) is 1. The van der Waals surface area contributed by atoms with Gasteiger partial charge in [0.15, 0.2) is 0 Å². The molecular formula is C28H30N4O2. The molecule has 3 heterocycles. The number of benzene rings is 1. The number of hydrogen-bond acceptors (Lipinski definition) is 5. The zero-order valence-electron chi connectivity index (χ0n) is 20.5. The minimum absolute atomic E-state index is 0.0616. The molecule has 0 amide bonds. The van der Waals surface area contributed by atoms with Crippen molar-refractivity contribution in [2.45, 2.75) is 40.5 Å². The van der Waals surface area contributed by atoms with E-state index in [1.165, 1.54) is 7.11 Å². The number of rotatable bonds is 5. The average Bonchev–Trinajstić information content (AvgIpc) is 3.16. The highest BCUT2D eigenvalue weighted by atomic mass is 16.5. The molecule has 0 spiro atoms. The van der Waals surface area contributed by atoms with E-state index >= 15 is 0 Å². The van der Waals surface area contributed by atoms with Crippen LogP contribution in [0, 0.1) is 19.3 Å². The standard InChI is InChI=1S/C28H30N4O2/c1-18-7-8-19(2)32(18)27-30-16-23(17-31-27)20-9-11-21(12-10-20)25(28(3,4)5)24-14-13-22(15-29-24)26(33)34-6/h7-17,25H,1-6H3. The van der Waals surface area contributed by atoms with Gasteiger partial charge in [0.1, 0.15) is 0 Å². The van der Waals surface area contributed by atoms with E-state index in [1.807, 2.05) is 36.9 Å². The van der Waals surface area contributed by atoms with Crippen molar-refractivity contribution in [3.63, 3.8) is 0 Å². The molecule has 0 bridgehead atoms. The predicted molar refractivity (Wildman–Crippen MR) is 133 cm³/mol. The number of aryl methyl sites for hydroxylation is 2. The van der Waals surface area contributed by atoms with Gasteiger partial charge < -0.3 is 4.74 Å². The first-order valence-electron chi connectivity index (χ1n) is 11.3. The molecule has 0 aliphatic rings. The third kappa shape index (κ3) is 4.62. The predicted octanol–water partition coefficient (Wildman–Crippen LogP) is 5.91. The van der Waals surface area contributed by atoms with Gasteiger partial charge in [-0.25, -0.2) is 14.8 Å². The van der Waals surface area contributed by atoms with Crippen LogP contribution < -0.4 is 0 Å². The zero-order chi connectivity index (χ0) is 24.5. The molecule has 1 aromatic carbocycles. The van der Waals surface area contributed by atoms with E-state index < -0.39 is 0 Å². The monoisotopic (exact) mass is 454 g/mol. The summed E-state index contributed by atoms with van der Waals surface area (Å²) in [4.78, 5) is 25.6. The highest BCUT2D eigenvalue weighted by molar-refractivity contribution is 5.88. The molecule has 0 saturated heterocycles. The van der Waals surface area contributed by atoms with Crippen LogP contribution in [-0.4, -0.2) is 32.6 Å². The molecule has 4 rings (SSSR count). The van der Waals surface area contributed by atoms with Crippen molar-refractivity contribution in [1.29, 1.82) is 0 Å². The van der Waals surface area contributed by atoms with E-state index in [0.29, 0.717) is 11.5 Å². The normalized spacial score (nSPS) is 12.4. The number of pyridine rings is 1. The van der Waals surface area contributed by atoms with E-state index in [9.17, 15) is 4.79 Å². The third-order valence-corrected chi connectivity index (χ3v) is 6.06. The van der Waals surface area contributed by atoms with Crippen molar-refractivity contribution < 1.29 is 9.53 Å². The molecule has 0 saturated carbocycles. The Morgan fingerprint density at radius 1 is 0.824 bits per heavy atom. The molecule has 1 unspecified atom stereocenters. The largest absolute Gasteiger partial charge is 0.465 e. The van der Waals surface area contributed by atoms with Crippen molar-refractivity contribution in [2.75, 3.05) is 7.11 Å². The molecule has 6 nitrogen and oxygen atoms in total. The molecule has 1 atom stereocenters. The Bertz CT molecular complexity index is 1260. The number of methoxy groups -OCH3 is 1. The maximum absolute atomic E-state index is 11.8. The maximum Gasteiger partial charge on any atom is 0.339 e. The Kier molecular flexibility index (Phi) is 6.33. The molecule has 174 valence electrons. The lowest BCUT2D eigenvalue weighted by atomic mass is 9.74. The second-order valence-electron chi connectivity index (χ2n) is 9.61. The molecule has 3 aromatic heterocycles. The molecule has 0 N–H and O–H groups in total. The van der Waals surface area contributed by atoms with Crippen LogP contribution in [0.3, 0.4) is 0 Å². The molecule has 0 aliphatic carbocycles. The van der Waals surface area contributed by atoms with Gasteiger partial charge in [-0.1, -0.05) is 45.0 Å². The summed E-state index contributed by atoms with van der Waals surface area (Å²) >= 11 is 0. The number of aromatic nitrogens is 4. The van der Waals surface area contributed by atoms with E-state index in [1.54, 1.807) is 12.3 Å². The average molecular weight is 455 g/mol. The van der Waals surface area contributed by atoms with Crippen molar-refractivity contribution in [3.05, 3.63) is 95.3 Å². The lowest BCUT2D eigenvalue weighted by Gasteiger charge is -2.31. The Morgan fingerprint density at radius 3 is 1.94 bits per heavy atom. The van der Waals surface area contributed by atoms with E-state index in [0.717, 1.165) is 33.8 Å². The summed E-state index contributed by atoms with van der Waals surface area (Å²) < 4.78 is 6.83. The highest BCUT2D eigenvalue weighted by Gasteiger charge is 2.29. The lowest BCUT2D eigenvalue weighted by Crippen LogP contribution is -2.21. The minimum Gasteiger partial charge on any atom is -0.465 e. The first-order chi connectivity index (χ1) is 16.2. The van der Waals surface area contributed by atoms with Gasteiger partial charge in [0.2, 0.25) is 5.95 Å². The molecular weight excluding hydrogens is 424 g/mol. The Morgan fingerprint density at radius 2 is 1.44 bits per heavy atom. The number of carbonyl (C=O) groups excluding carboxylic acids is 1. The quantitative estimate of drug-likeness (QED) is 0.351. The summed E-state index contributed by atoms with van der Waals surface area (Å²) in [6, 6.07) is 16.3. The van der Waals surface area contributed by atoms with E-state index in [4.69, 9.17) is 4.74 Å². The Balaban J connectivity index is 1.61. The van der Waals surface area contributed by atoms with E-state index in [2.05, 4.69) is 72.1 Å². The zero-order valence-corrected chi connectivity index (χ0v) is 20.5. The molecule has 0 radical (unpaired) electrons. The second-order valence-corrected chi connectivity index (χ2v) is 9.61. The third-order valence-electron chi connectivity index (χ3n) is 6.06. The topological polar surface area (TPSA) is 69.9 Å². The van der Waals surface area contributed by atoms with Gasteiger partial charge in [-0.2, -0.15) is 0 Å². The summed E-state index contributed by atoms with van der Waals surface area (Å²) in [6.45, 7) is 10.7. The molecule has 34 heavy (non-hydrogen) atoms. The summed E-state index contributed by atoms with van der Waals surface area (Å²) in [5.41, 5.74) is 6.68. The first-order valence-corrected chi connectivity index (χ1v) is 11.3. The van der Waals surface area contributed by atoms with Crippen molar-refractivity contribution in [3.8, 4) is 17.1 Å².